The SMILES string of the molecule is CC(C)Cc1ccc(-c2ccncc2C#N)cn1. The third-order valence-electron chi connectivity index (χ3n) is 2.69. The largest absolute Gasteiger partial charge is 0.263 e. The number of hydrogen-bond acceptors (Lipinski definition) is 3. The Kier molecular flexibility index (Phi) is 3.69. The fourth-order valence-corrected chi connectivity index (χ4v) is 1.86. The van der Waals surface area contributed by atoms with Crippen LogP contribution in [0.1, 0.15) is 25.1 Å². The van der Waals surface area contributed by atoms with Gasteiger partial charge < -0.3 is 0 Å². The highest BCUT2D eigenvalue weighted by Gasteiger charge is 2.05. The van der Waals surface area contributed by atoms with Crippen LogP contribution in [0, 0.1) is 17.2 Å². The quantitative estimate of drug-likeness (QED) is 0.823. The molecule has 0 aliphatic carbocycles. The van der Waals surface area contributed by atoms with E-state index in [1.165, 1.54) is 0 Å². The van der Waals surface area contributed by atoms with Gasteiger partial charge >= 0.3 is 0 Å². The van der Waals surface area contributed by atoms with Crippen molar-refractivity contribution in [3.63, 3.8) is 0 Å². The van der Waals surface area contributed by atoms with Gasteiger partial charge in [0.05, 0.1) is 5.56 Å². The van der Waals surface area contributed by atoms with Gasteiger partial charge in [-0.15, -0.1) is 0 Å². The standard InChI is InChI=1S/C15H15N3/c1-11(2)7-14-4-3-12(10-18-14)15-5-6-17-9-13(15)8-16/h3-6,9-11H,7H2,1-2H3. The summed E-state index contributed by atoms with van der Waals surface area (Å²) in [5.41, 5.74) is 3.51. The maximum Gasteiger partial charge on any atom is 0.101 e. The molecule has 0 spiro atoms. The molecule has 2 aromatic heterocycles. The van der Waals surface area contributed by atoms with Crippen LogP contribution in [0.3, 0.4) is 0 Å². The zero-order valence-electron chi connectivity index (χ0n) is 10.6. The third kappa shape index (κ3) is 2.72. The molecule has 0 unspecified atom stereocenters. The van der Waals surface area contributed by atoms with Crippen molar-refractivity contribution in [2.75, 3.05) is 0 Å². The van der Waals surface area contributed by atoms with Gasteiger partial charge in [0.2, 0.25) is 0 Å². The van der Waals surface area contributed by atoms with Gasteiger partial charge in [-0.25, -0.2) is 0 Å². The van der Waals surface area contributed by atoms with E-state index in [-0.39, 0.29) is 0 Å². The van der Waals surface area contributed by atoms with Crippen LogP contribution in [-0.2, 0) is 6.42 Å². The van der Waals surface area contributed by atoms with E-state index in [4.69, 9.17) is 5.26 Å². The van der Waals surface area contributed by atoms with Crippen molar-refractivity contribution in [3.05, 3.63) is 48.0 Å². The molecule has 0 bridgehead atoms. The highest BCUT2D eigenvalue weighted by molar-refractivity contribution is 5.68. The summed E-state index contributed by atoms with van der Waals surface area (Å²) in [6.07, 6.45) is 6.07. The Morgan fingerprint density at radius 2 is 2.06 bits per heavy atom. The van der Waals surface area contributed by atoms with Crippen molar-refractivity contribution in [1.82, 2.24) is 9.97 Å². The second-order valence-electron chi connectivity index (χ2n) is 4.67. The fourth-order valence-electron chi connectivity index (χ4n) is 1.86. The van der Waals surface area contributed by atoms with Crippen LogP contribution in [0.2, 0.25) is 0 Å². The van der Waals surface area contributed by atoms with Crippen LogP contribution in [0.5, 0.6) is 0 Å². The molecule has 0 radical (unpaired) electrons. The molecule has 0 fully saturated rings. The molecule has 2 heterocycles. The van der Waals surface area contributed by atoms with E-state index in [1.807, 2.05) is 24.4 Å². The Bertz CT molecular complexity index is 565. The Morgan fingerprint density at radius 1 is 1.22 bits per heavy atom. The maximum atomic E-state index is 9.04. The van der Waals surface area contributed by atoms with E-state index < -0.39 is 0 Å². The van der Waals surface area contributed by atoms with E-state index in [0.717, 1.165) is 23.2 Å². The van der Waals surface area contributed by atoms with Gasteiger partial charge in [0.25, 0.3) is 0 Å². The summed E-state index contributed by atoms with van der Waals surface area (Å²) in [5, 5.41) is 9.04. The first-order chi connectivity index (χ1) is 8.70. The zero-order chi connectivity index (χ0) is 13.0. The van der Waals surface area contributed by atoms with Crippen molar-refractivity contribution < 1.29 is 0 Å². The van der Waals surface area contributed by atoms with Crippen LogP contribution in [-0.4, -0.2) is 9.97 Å². The molecule has 0 aliphatic heterocycles. The second-order valence-corrected chi connectivity index (χ2v) is 4.67. The number of rotatable bonds is 3. The molecular formula is C15H15N3. The first-order valence-corrected chi connectivity index (χ1v) is 6.00. The molecule has 0 saturated carbocycles. The molecule has 0 N–H and O–H groups in total. The molecule has 0 saturated heterocycles. The predicted molar refractivity (Wildman–Crippen MR) is 70.7 cm³/mol. The summed E-state index contributed by atoms with van der Waals surface area (Å²) < 4.78 is 0. The van der Waals surface area contributed by atoms with Gasteiger partial charge in [-0.2, -0.15) is 5.26 Å². The molecule has 0 aliphatic rings. The summed E-state index contributed by atoms with van der Waals surface area (Å²) in [4.78, 5) is 8.40. The summed E-state index contributed by atoms with van der Waals surface area (Å²) in [6.45, 7) is 4.35. The number of pyridine rings is 2. The molecule has 18 heavy (non-hydrogen) atoms. The normalized spacial score (nSPS) is 10.3. The van der Waals surface area contributed by atoms with E-state index in [2.05, 4.69) is 29.9 Å². The van der Waals surface area contributed by atoms with Crippen LogP contribution < -0.4 is 0 Å². The van der Waals surface area contributed by atoms with E-state index in [1.54, 1.807) is 12.4 Å². The number of aromatic nitrogens is 2. The smallest absolute Gasteiger partial charge is 0.101 e. The van der Waals surface area contributed by atoms with Gasteiger partial charge in [-0.3, -0.25) is 9.97 Å². The first kappa shape index (κ1) is 12.3. The van der Waals surface area contributed by atoms with Crippen LogP contribution in [0.15, 0.2) is 36.8 Å². The average molecular weight is 237 g/mol. The van der Waals surface area contributed by atoms with E-state index in [0.29, 0.717) is 11.5 Å². The van der Waals surface area contributed by atoms with Gasteiger partial charge in [0.15, 0.2) is 0 Å². The zero-order valence-corrected chi connectivity index (χ0v) is 10.6. The molecule has 3 heteroatoms. The molecule has 90 valence electrons. The second kappa shape index (κ2) is 5.42. The minimum absolute atomic E-state index is 0.580. The average Bonchev–Trinajstić information content (AvgIpc) is 2.39. The van der Waals surface area contributed by atoms with Gasteiger partial charge in [0.1, 0.15) is 6.07 Å². The molecule has 2 aromatic rings. The number of nitriles is 1. The van der Waals surface area contributed by atoms with Crippen molar-refractivity contribution in [1.29, 1.82) is 5.26 Å². The van der Waals surface area contributed by atoms with Crippen LogP contribution in [0.4, 0.5) is 0 Å². The molecule has 0 aromatic carbocycles. The third-order valence-corrected chi connectivity index (χ3v) is 2.69. The molecule has 0 amide bonds. The van der Waals surface area contributed by atoms with Crippen LogP contribution in [0.25, 0.3) is 11.1 Å². The molecule has 3 nitrogen and oxygen atoms in total. The van der Waals surface area contributed by atoms with E-state index in [9.17, 15) is 0 Å². The van der Waals surface area contributed by atoms with E-state index >= 15 is 0 Å². The Balaban J connectivity index is 2.32. The fraction of sp³-hybridized carbons (Fsp3) is 0.267. The monoisotopic (exact) mass is 237 g/mol. The summed E-state index contributed by atoms with van der Waals surface area (Å²) in [6, 6.07) is 8.04. The van der Waals surface area contributed by atoms with Crippen molar-refractivity contribution >= 4 is 0 Å². The predicted octanol–water partition coefficient (Wildman–Crippen LogP) is 3.21. The first-order valence-electron chi connectivity index (χ1n) is 6.00. The summed E-state index contributed by atoms with van der Waals surface area (Å²) >= 11 is 0. The van der Waals surface area contributed by atoms with Crippen molar-refractivity contribution in [2.45, 2.75) is 20.3 Å². The topological polar surface area (TPSA) is 49.6 Å². The minimum Gasteiger partial charge on any atom is -0.263 e. The lowest BCUT2D eigenvalue weighted by molar-refractivity contribution is 0.635. The molecule has 2 rings (SSSR count). The summed E-state index contributed by atoms with van der Waals surface area (Å²) in [5.74, 6) is 0.596. The highest BCUT2D eigenvalue weighted by Crippen LogP contribution is 2.22. The minimum atomic E-state index is 0.580. The molecular weight excluding hydrogens is 222 g/mol. The highest BCUT2D eigenvalue weighted by atomic mass is 14.7. The van der Waals surface area contributed by atoms with Gasteiger partial charge in [-0.1, -0.05) is 19.9 Å². The van der Waals surface area contributed by atoms with Gasteiger partial charge in [0, 0.05) is 35.4 Å². The lowest BCUT2D eigenvalue weighted by atomic mass is 10.0. The summed E-state index contributed by atoms with van der Waals surface area (Å²) in [7, 11) is 0. The Morgan fingerprint density at radius 3 is 2.67 bits per heavy atom. The Labute approximate surface area is 107 Å². The lowest BCUT2D eigenvalue weighted by Crippen LogP contribution is -1.97. The van der Waals surface area contributed by atoms with Crippen molar-refractivity contribution in [3.8, 4) is 17.2 Å². The number of hydrogen-bond donors (Lipinski definition) is 0. The maximum absolute atomic E-state index is 9.04. The molecule has 0 atom stereocenters. The number of nitrogens with zero attached hydrogens (tertiary/aromatic N) is 3. The lowest BCUT2D eigenvalue weighted by Gasteiger charge is -2.06. The Hall–Kier alpha value is -2.21. The van der Waals surface area contributed by atoms with Gasteiger partial charge in [-0.05, 0) is 24.5 Å². The van der Waals surface area contributed by atoms with Crippen LogP contribution >= 0.6 is 0 Å². The van der Waals surface area contributed by atoms with Crippen molar-refractivity contribution in [2.24, 2.45) is 5.92 Å².